The van der Waals surface area contributed by atoms with Gasteiger partial charge in [-0.2, -0.15) is 0 Å². The van der Waals surface area contributed by atoms with Crippen LogP contribution in [-0.4, -0.2) is 28.3 Å². The Morgan fingerprint density at radius 3 is 2.24 bits per heavy atom. The lowest BCUT2D eigenvalue weighted by atomic mass is 10.1. The van der Waals surface area contributed by atoms with Crippen molar-refractivity contribution in [2.45, 2.75) is 6.42 Å². The molecule has 4 rings (SSSR count). The van der Waals surface area contributed by atoms with Crippen LogP contribution in [0.15, 0.2) is 78.9 Å². The topological polar surface area (TPSA) is 86.9 Å². The molecule has 0 saturated carbocycles. The number of aromatic nitrogens is 2. The van der Waals surface area contributed by atoms with Crippen molar-refractivity contribution in [3.05, 3.63) is 95.8 Å². The highest BCUT2D eigenvalue weighted by Gasteiger charge is 2.08. The van der Waals surface area contributed by atoms with E-state index < -0.39 is 0 Å². The first-order valence-electron chi connectivity index (χ1n) is 9.37. The Morgan fingerprint density at radius 1 is 0.793 bits per heavy atom. The highest BCUT2D eigenvalue weighted by molar-refractivity contribution is 6.04. The number of anilines is 1. The fourth-order valence-electron chi connectivity index (χ4n) is 3.02. The number of fused-ring (bicyclic) bond motifs is 1. The van der Waals surface area contributed by atoms with E-state index in [9.17, 15) is 9.59 Å². The minimum absolute atomic E-state index is 0.165. The van der Waals surface area contributed by atoms with Crippen LogP contribution >= 0.6 is 0 Å². The molecule has 0 bridgehead atoms. The Bertz CT molecular complexity index is 1100. The first kappa shape index (κ1) is 18.4. The van der Waals surface area contributed by atoms with Gasteiger partial charge in [-0.05, 0) is 48.5 Å². The maximum Gasteiger partial charge on any atom is 0.255 e. The van der Waals surface area contributed by atoms with Gasteiger partial charge in [0.05, 0.1) is 11.0 Å². The van der Waals surface area contributed by atoms with Gasteiger partial charge in [0.15, 0.2) is 0 Å². The maximum atomic E-state index is 12.3. The van der Waals surface area contributed by atoms with Gasteiger partial charge in [0.1, 0.15) is 5.82 Å². The molecule has 3 aromatic carbocycles. The first-order chi connectivity index (χ1) is 14.2. The standard InChI is InChI=1S/C23H20N4O2/c28-22(24-15-14-21-26-19-8-4-5-9-20(19)27-21)17-10-12-18(13-11-17)25-23(29)16-6-2-1-3-7-16/h1-13H,14-15H2,(H,24,28)(H,25,29)(H,26,27). The Morgan fingerprint density at radius 2 is 1.48 bits per heavy atom. The number of carbonyl (C=O) groups excluding carboxylic acids is 2. The lowest BCUT2D eigenvalue weighted by Gasteiger charge is -2.07. The number of rotatable bonds is 6. The minimum Gasteiger partial charge on any atom is -0.352 e. The molecule has 4 aromatic rings. The Hall–Kier alpha value is -3.93. The summed E-state index contributed by atoms with van der Waals surface area (Å²) in [5, 5.41) is 5.71. The number of benzene rings is 3. The second kappa shape index (κ2) is 8.39. The van der Waals surface area contributed by atoms with Crippen LogP contribution in [0, 0.1) is 0 Å². The lowest BCUT2D eigenvalue weighted by molar-refractivity contribution is 0.0953. The molecule has 29 heavy (non-hydrogen) atoms. The molecule has 1 aromatic heterocycles. The highest BCUT2D eigenvalue weighted by atomic mass is 16.2. The molecule has 1 heterocycles. The van der Waals surface area contributed by atoms with E-state index >= 15 is 0 Å². The average molecular weight is 384 g/mol. The van der Waals surface area contributed by atoms with Crippen molar-refractivity contribution in [3.63, 3.8) is 0 Å². The summed E-state index contributed by atoms with van der Waals surface area (Å²) in [6, 6.07) is 23.6. The van der Waals surface area contributed by atoms with E-state index in [1.54, 1.807) is 36.4 Å². The van der Waals surface area contributed by atoms with Gasteiger partial charge in [0, 0.05) is 29.8 Å². The predicted octanol–water partition coefficient (Wildman–Crippen LogP) is 3.79. The number of para-hydroxylation sites is 2. The number of nitrogens with zero attached hydrogens (tertiary/aromatic N) is 1. The number of aromatic amines is 1. The summed E-state index contributed by atoms with van der Waals surface area (Å²) in [5.74, 6) is 0.487. The van der Waals surface area contributed by atoms with Crippen molar-refractivity contribution < 1.29 is 9.59 Å². The molecule has 0 unspecified atom stereocenters. The van der Waals surface area contributed by atoms with E-state index in [0.717, 1.165) is 16.9 Å². The molecule has 0 atom stereocenters. The number of carbonyl (C=O) groups is 2. The zero-order valence-electron chi connectivity index (χ0n) is 15.7. The van der Waals surface area contributed by atoms with Crippen LogP contribution in [0.5, 0.6) is 0 Å². The zero-order valence-corrected chi connectivity index (χ0v) is 15.7. The summed E-state index contributed by atoms with van der Waals surface area (Å²) in [4.78, 5) is 32.3. The summed E-state index contributed by atoms with van der Waals surface area (Å²) in [6.45, 7) is 0.477. The van der Waals surface area contributed by atoms with Gasteiger partial charge in [0.2, 0.25) is 0 Å². The Kier molecular flexibility index (Phi) is 5.33. The van der Waals surface area contributed by atoms with Crippen molar-refractivity contribution in [2.75, 3.05) is 11.9 Å². The molecule has 3 N–H and O–H groups in total. The van der Waals surface area contributed by atoms with Gasteiger partial charge in [0.25, 0.3) is 11.8 Å². The monoisotopic (exact) mass is 384 g/mol. The second-order valence-electron chi connectivity index (χ2n) is 6.60. The third kappa shape index (κ3) is 4.50. The van der Waals surface area contributed by atoms with Crippen molar-refractivity contribution >= 4 is 28.5 Å². The number of hydrogen-bond acceptors (Lipinski definition) is 3. The van der Waals surface area contributed by atoms with Gasteiger partial charge in [-0.1, -0.05) is 30.3 Å². The average Bonchev–Trinajstić information content (AvgIpc) is 3.17. The van der Waals surface area contributed by atoms with E-state index in [2.05, 4.69) is 20.6 Å². The normalized spacial score (nSPS) is 10.6. The number of hydrogen-bond donors (Lipinski definition) is 3. The Labute approximate surface area is 168 Å². The van der Waals surface area contributed by atoms with E-state index in [-0.39, 0.29) is 11.8 Å². The number of nitrogens with one attached hydrogen (secondary N) is 3. The molecular formula is C23H20N4O2. The summed E-state index contributed by atoms with van der Waals surface area (Å²) < 4.78 is 0. The van der Waals surface area contributed by atoms with Crippen LogP contribution < -0.4 is 10.6 Å². The van der Waals surface area contributed by atoms with E-state index in [1.807, 2.05) is 42.5 Å². The fraction of sp³-hybridized carbons (Fsp3) is 0.0870. The molecule has 0 aliphatic heterocycles. The van der Waals surface area contributed by atoms with Gasteiger partial charge in [-0.15, -0.1) is 0 Å². The molecule has 0 fully saturated rings. The van der Waals surface area contributed by atoms with Crippen molar-refractivity contribution in [1.29, 1.82) is 0 Å². The van der Waals surface area contributed by atoms with Crippen LogP contribution in [-0.2, 0) is 6.42 Å². The molecule has 0 saturated heterocycles. The summed E-state index contributed by atoms with van der Waals surface area (Å²) >= 11 is 0. The fourth-order valence-corrected chi connectivity index (χ4v) is 3.02. The van der Waals surface area contributed by atoms with Crippen molar-refractivity contribution in [1.82, 2.24) is 15.3 Å². The molecule has 144 valence electrons. The lowest BCUT2D eigenvalue weighted by Crippen LogP contribution is -2.25. The van der Waals surface area contributed by atoms with Gasteiger partial charge < -0.3 is 15.6 Å². The maximum absolute atomic E-state index is 12.3. The van der Waals surface area contributed by atoms with Crippen LogP contribution in [0.1, 0.15) is 26.5 Å². The summed E-state index contributed by atoms with van der Waals surface area (Å²) in [5.41, 5.74) is 3.66. The summed E-state index contributed by atoms with van der Waals surface area (Å²) in [6.07, 6.45) is 0.617. The SMILES string of the molecule is O=C(NCCc1nc2ccccc2[nH]1)c1ccc(NC(=O)c2ccccc2)cc1. The largest absolute Gasteiger partial charge is 0.352 e. The van der Waals surface area contributed by atoms with Gasteiger partial charge in [-0.3, -0.25) is 9.59 Å². The zero-order chi connectivity index (χ0) is 20.1. The molecular weight excluding hydrogens is 364 g/mol. The summed E-state index contributed by atoms with van der Waals surface area (Å²) in [7, 11) is 0. The van der Waals surface area contributed by atoms with Gasteiger partial charge in [-0.25, -0.2) is 4.98 Å². The molecule has 0 spiro atoms. The van der Waals surface area contributed by atoms with E-state index in [0.29, 0.717) is 29.8 Å². The van der Waals surface area contributed by atoms with Crippen LogP contribution in [0.2, 0.25) is 0 Å². The molecule has 0 aliphatic carbocycles. The van der Waals surface area contributed by atoms with Crippen molar-refractivity contribution in [3.8, 4) is 0 Å². The van der Waals surface area contributed by atoms with Gasteiger partial charge >= 0.3 is 0 Å². The van der Waals surface area contributed by atoms with Crippen LogP contribution in [0.25, 0.3) is 11.0 Å². The molecule has 6 heteroatoms. The predicted molar refractivity (Wildman–Crippen MR) is 113 cm³/mol. The van der Waals surface area contributed by atoms with Crippen LogP contribution in [0.3, 0.4) is 0 Å². The number of amides is 2. The first-order valence-corrected chi connectivity index (χ1v) is 9.37. The minimum atomic E-state index is -0.186. The third-order valence-corrected chi connectivity index (χ3v) is 4.53. The third-order valence-electron chi connectivity index (χ3n) is 4.53. The van der Waals surface area contributed by atoms with Crippen molar-refractivity contribution in [2.24, 2.45) is 0 Å². The van der Waals surface area contributed by atoms with E-state index in [4.69, 9.17) is 0 Å². The highest BCUT2D eigenvalue weighted by Crippen LogP contribution is 2.12. The van der Waals surface area contributed by atoms with E-state index in [1.165, 1.54) is 0 Å². The number of imidazole rings is 1. The molecule has 2 amide bonds. The molecule has 0 aliphatic rings. The molecule has 6 nitrogen and oxygen atoms in total. The second-order valence-corrected chi connectivity index (χ2v) is 6.60. The smallest absolute Gasteiger partial charge is 0.255 e. The number of H-pyrrole nitrogens is 1. The van der Waals surface area contributed by atoms with Crippen LogP contribution in [0.4, 0.5) is 5.69 Å². The Balaban J connectivity index is 1.30. The molecule has 0 radical (unpaired) electrons. The quantitative estimate of drug-likeness (QED) is 0.473.